The summed E-state index contributed by atoms with van der Waals surface area (Å²) in [5, 5.41) is 12.5. The number of carbonyl (C=O) groups excluding carboxylic acids is 3. The fourth-order valence-corrected chi connectivity index (χ4v) is 6.07. The van der Waals surface area contributed by atoms with Gasteiger partial charge in [0.05, 0.1) is 35.6 Å². The van der Waals surface area contributed by atoms with Crippen LogP contribution in [0.25, 0.3) is 0 Å². The van der Waals surface area contributed by atoms with Crippen molar-refractivity contribution >= 4 is 80.3 Å². The average molecular weight is 635 g/mol. The molecule has 43 heavy (non-hydrogen) atoms. The van der Waals surface area contributed by atoms with Gasteiger partial charge in [0.1, 0.15) is 10.8 Å². The highest BCUT2D eigenvalue weighted by molar-refractivity contribution is 8.00. The monoisotopic (exact) mass is 634 g/mol. The van der Waals surface area contributed by atoms with Crippen LogP contribution in [0.3, 0.4) is 0 Å². The van der Waals surface area contributed by atoms with E-state index < -0.39 is 5.97 Å². The van der Waals surface area contributed by atoms with Crippen molar-refractivity contribution in [2.75, 3.05) is 40.7 Å². The minimum atomic E-state index is -0.602. The molecule has 4 N–H and O–H groups in total. The first-order valence-electron chi connectivity index (χ1n) is 13.2. The molecule has 0 aliphatic rings. The van der Waals surface area contributed by atoms with Crippen molar-refractivity contribution in [1.82, 2.24) is 0 Å². The van der Waals surface area contributed by atoms with Gasteiger partial charge < -0.3 is 30.7 Å². The van der Waals surface area contributed by atoms with Crippen molar-refractivity contribution in [3.05, 3.63) is 94.9 Å². The number of hydrogen-bond donors (Lipinski definition) is 4. The molecule has 0 saturated carbocycles. The Balaban J connectivity index is 1.41. The van der Waals surface area contributed by atoms with Crippen molar-refractivity contribution < 1.29 is 23.9 Å². The summed E-state index contributed by atoms with van der Waals surface area (Å²) >= 11 is 7.81. The van der Waals surface area contributed by atoms with Crippen LogP contribution in [-0.4, -0.2) is 42.4 Å². The predicted molar refractivity (Wildman–Crippen MR) is 178 cm³/mol. The first-order valence-corrected chi connectivity index (χ1v) is 15.4. The molecule has 4 rings (SSSR count). The largest absolute Gasteiger partial charge is 0.495 e. The first-order chi connectivity index (χ1) is 20.8. The van der Waals surface area contributed by atoms with Crippen molar-refractivity contribution in [2.45, 2.75) is 18.7 Å². The maximum atomic E-state index is 13.0. The second-order valence-corrected chi connectivity index (χ2v) is 11.4. The standard InChI is InChI=1S/C31H30N4O5S3/c1-4-40-30(38)26-19(2)27(28(37)32-20-11-6-5-7-12-20)43-29(26)35-25(36)18-42-22-14-10-13-21(17-22)33-31(41)34-23-15-8-9-16-24(23)39-3/h5-17H,4,18H2,1-3H3,(H,32,37)(H,35,36)(H2,33,34,41). The van der Waals surface area contributed by atoms with Gasteiger partial charge in [0.25, 0.3) is 5.91 Å². The van der Waals surface area contributed by atoms with E-state index in [1.54, 1.807) is 33.1 Å². The zero-order chi connectivity index (χ0) is 30.8. The van der Waals surface area contributed by atoms with Crippen LogP contribution in [0.4, 0.5) is 22.1 Å². The van der Waals surface area contributed by atoms with Gasteiger partial charge in [0.15, 0.2) is 5.11 Å². The lowest BCUT2D eigenvalue weighted by Crippen LogP contribution is -2.19. The number of carbonyl (C=O) groups is 3. The molecular weight excluding hydrogens is 605 g/mol. The van der Waals surface area contributed by atoms with Gasteiger partial charge in [-0.3, -0.25) is 9.59 Å². The number of thioether (sulfide) groups is 1. The minimum Gasteiger partial charge on any atom is -0.495 e. The van der Waals surface area contributed by atoms with Gasteiger partial charge >= 0.3 is 5.97 Å². The molecule has 0 saturated heterocycles. The summed E-state index contributed by atoms with van der Waals surface area (Å²) in [6, 6.07) is 23.9. The van der Waals surface area contributed by atoms with Crippen LogP contribution in [0.15, 0.2) is 83.8 Å². The predicted octanol–water partition coefficient (Wildman–Crippen LogP) is 7.03. The third kappa shape index (κ3) is 8.57. The van der Waals surface area contributed by atoms with Crippen LogP contribution < -0.4 is 26.0 Å². The Hall–Kier alpha value is -4.39. The van der Waals surface area contributed by atoms with E-state index in [4.69, 9.17) is 21.7 Å². The molecule has 2 amide bonds. The summed E-state index contributed by atoms with van der Waals surface area (Å²) in [6.07, 6.45) is 0. The molecule has 9 nitrogen and oxygen atoms in total. The van der Waals surface area contributed by atoms with E-state index in [0.29, 0.717) is 27.0 Å². The molecule has 222 valence electrons. The minimum absolute atomic E-state index is 0.0676. The highest BCUT2D eigenvalue weighted by atomic mass is 32.2. The summed E-state index contributed by atoms with van der Waals surface area (Å²) in [7, 11) is 1.59. The lowest BCUT2D eigenvalue weighted by molar-refractivity contribution is -0.113. The van der Waals surface area contributed by atoms with E-state index in [0.717, 1.165) is 27.6 Å². The summed E-state index contributed by atoms with van der Waals surface area (Å²) < 4.78 is 10.6. The molecule has 0 aliphatic carbocycles. The Labute approximate surface area is 263 Å². The van der Waals surface area contributed by atoms with E-state index in [9.17, 15) is 14.4 Å². The second kappa shape index (κ2) is 15.2. The van der Waals surface area contributed by atoms with Gasteiger partial charge in [-0.25, -0.2) is 4.79 Å². The Bertz CT molecular complexity index is 1620. The van der Waals surface area contributed by atoms with Crippen LogP contribution in [0.5, 0.6) is 5.75 Å². The number of thiocarbonyl (C=S) groups is 1. The van der Waals surface area contributed by atoms with Crippen LogP contribution in [-0.2, 0) is 9.53 Å². The third-order valence-corrected chi connectivity index (χ3v) is 8.34. The topological polar surface area (TPSA) is 118 Å². The fraction of sp³-hybridized carbons (Fsp3) is 0.161. The smallest absolute Gasteiger partial charge is 0.341 e. The molecule has 1 heterocycles. The van der Waals surface area contributed by atoms with E-state index in [-0.39, 0.29) is 34.7 Å². The molecule has 0 spiro atoms. The molecule has 0 atom stereocenters. The van der Waals surface area contributed by atoms with E-state index >= 15 is 0 Å². The van der Waals surface area contributed by atoms with Gasteiger partial charge in [-0.1, -0.05) is 36.4 Å². The maximum absolute atomic E-state index is 13.0. The Morgan fingerprint density at radius 2 is 1.60 bits per heavy atom. The maximum Gasteiger partial charge on any atom is 0.341 e. The van der Waals surface area contributed by atoms with Gasteiger partial charge in [-0.05, 0) is 74.1 Å². The highest BCUT2D eigenvalue weighted by Crippen LogP contribution is 2.35. The molecular formula is C31H30N4O5S3. The summed E-state index contributed by atoms with van der Waals surface area (Å²) in [4.78, 5) is 39.9. The number of amides is 2. The van der Waals surface area contributed by atoms with Crippen LogP contribution in [0, 0.1) is 6.92 Å². The lowest BCUT2D eigenvalue weighted by atomic mass is 10.1. The number of nitrogens with one attached hydrogen (secondary N) is 4. The SMILES string of the molecule is CCOC(=O)c1c(NC(=O)CSc2cccc(NC(=S)Nc3ccccc3OC)c2)sc(C(=O)Nc2ccccc2)c1C. The molecule has 12 heteroatoms. The molecule has 0 fully saturated rings. The van der Waals surface area contributed by atoms with E-state index in [1.807, 2.05) is 66.7 Å². The molecule has 0 aliphatic heterocycles. The normalized spacial score (nSPS) is 10.4. The van der Waals surface area contributed by atoms with Gasteiger partial charge in [-0.2, -0.15) is 0 Å². The first kappa shape index (κ1) is 31.5. The number of anilines is 4. The zero-order valence-electron chi connectivity index (χ0n) is 23.7. The molecule has 4 aromatic rings. The molecule has 3 aromatic carbocycles. The fourth-order valence-electron chi connectivity index (χ4n) is 3.98. The number of rotatable bonds is 11. The van der Waals surface area contributed by atoms with Crippen molar-refractivity contribution in [2.24, 2.45) is 0 Å². The van der Waals surface area contributed by atoms with Crippen molar-refractivity contribution in [3.63, 3.8) is 0 Å². The zero-order valence-corrected chi connectivity index (χ0v) is 26.1. The lowest BCUT2D eigenvalue weighted by Gasteiger charge is -2.13. The number of benzene rings is 3. The van der Waals surface area contributed by atoms with E-state index in [1.165, 1.54) is 11.8 Å². The van der Waals surface area contributed by atoms with Crippen molar-refractivity contribution in [3.8, 4) is 5.75 Å². The molecule has 0 bridgehead atoms. The Morgan fingerprint density at radius 3 is 2.35 bits per heavy atom. The summed E-state index contributed by atoms with van der Waals surface area (Å²) in [5.74, 6) is -0.583. The number of esters is 1. The number of para-hydroxylation sites is 3. The van der Waals surface area contributed by atoms with Gasteiger partial charge in [-0.15, -0.1) is 23.1 Å². The van der Waals surface area contributed by atoms with Gasteiger partial charge in [0, 0.05) is 16.3 Å². The van der Waals surface area contributed by atoms with Crippen LogP contribution in [0.2, 0.25) is 0 Å². The Kier molecular flexibility index (Phi) is 11.1. The van der Waals surface area contributed by atoms with Crippen LogP contribution >= 0.6 is 35.3 Å². The van der Waals surface area contributed by atoms with Gasteiger partial charge in [0.2, 0.25) is 5.91 Å². The number of methoxy groups -OCH3 is 1. The Morgan fingerprint density at radius 1 is 0.884 bits per heavy atom. The second-order valence-electron chi connectivity index (χ2n) is 8.95. The highest BCUT2D eigenvalue weighted by Gasteiger charge is 2.26. The van der Waals surface area contributed by atoms with Crippen LogP contribution in [0.1, 0.15) is 32.5 Å². The number of hydrogen-bond acceptors (Lipinski definition) is 8. The molecule has 1 aromatic heterocycles. The van der Waals surface area contributed by atoms with E-state index in [2.05, 4.69) is 21.3 Å². The molecule has 0 radical (unpaired) electrons. The molecule has 0 unspecified atom stereocenters. The number of ether oxygens (including phenoxy) is 2. The summed E-state index contributed by atoms with van der Waals surface area (Å²) in [5.41, 5.74) is 2.71. The number of thiophene rings is 1. The van der Waals surface area contributed by atoms with Crippen molar-refractivity contribution in [1.29, 1.82) is 0 Å². The third-order valence-electron chi connectivity index (χ3n) is 5.93. The quantitative estimate of drug-likeness (QED) is 0.0783. The average Bonchev–Trinajstić information content (AvgIpc) is 3.32. The summed E-state index contributed by atoms with van der Waals surface area (Å²) in [6.45, 7) is 3.52.